The van der Waals surface area contributed by atoms with Crippen molar-refractivity contribution in [3.8, 4) is 6.07 Å². The van der Waals surface area contributed by atoms with Crippen LogP contribution in [-0.4, -0.2) is 36.8 Å². The molecule has 1 aliphatic rings. The Kier molecular flexibility index (Phi) is 4.09. The maximum Gasteiger partial charge on any atom is 0.231 e. The van der Waals surface area contributed by atoms with Crippen LogP contribution < -0.4 is 5.32 Å². The summed E-state index contributed by atoms with van der Waals surface area (Å²) in [6.07, 6.45) is 4.58. The Labute approximate surface area is 148 Å². The quantitative estimate of drug-likeness (QED) is 0.702. The average Bonchev–Trinajstić information content (AvgIpc) is 3.20. The molecule has 0 unspecified atom stereocenters. The Balaban J connectivity index is 1.49. The van der Waals surface area contributed by atoms with Crippen LogP contribution in [0, 0.1) is 11.3 Å². The van der Waals surface area contributed by atoms with Gasteiger partial charge in [-0.3, -0.25) is 9.20 Å². The van der Waals surface area contributed by atoms with Gasteiger partial charge in [-0.2, -0.15) is 5.26 Å². The number of aromatic nitrogens is 4. The lowest BCUT2D eigenvalue weighted by molar-refractivity contribution is -0.120. The van der Waals surface area contributed by atoms with Gasteiger partial charge >= 0.3 is 0 Å². The fourth-order valence-corrected chi connectivity index (χ4v) is 4.15. The number of benzene rings is 1. The highest BCUT2D eigenvalue weighted by atomic mass is 32.2. The Hall–Kier alpha value is -2.53. The SMILES string of the molecule is N#CC1(NC(=O)CSc2n[nH]c3nc4ccccc4n23)CCCCC1. The molecule has 2 N–H and O–H groups in total. The van der Waals surface area contributed by atoms with Crippen molar-refractivity contribution in [2.75, 3.05) is 5.75 Å². The molecule has 8 heteroatoms. The number of fused-ring (bicyclic) bond motifs is 3. The van der Waals surface area contributed by atoms with Gasteiger partial charge in [-0.05, 0) is 25.0 Å². The van der Waals surface area contributed by atoms with Crippen molar-refractivity contribution >= 4 is 34.5 Å². The predicted octanol–water partition coefficient (Wildman–Crippen LogP) is 2.65. The minimum Gasteiger partial charge on any atom is -0.337 e. The summed E-state index contributed by atoms with van der Waals surface area (Å²) in [7, 11) is 0. The van der Waals surface area contributed by atoms with E-state index in [1.165, 1.54) is 11.8 Å². The van der Waals surface area contributed by atoms with Crippen LogP contribution in [0.15, 0.2) is 29.4 Å². The number of carbonyl (C=O) groups excluding carboxylic acids is 1. The molecule has 0 spiro atoms. The third-order valence-corrected chi connectivity index (χ3v) is 5.57. The molecule has 1 saturated carbocycles. The number of imidazole rings is 1. The number of amides is 1. The van der Waals surface area contributed by atoms with Crippen molar-refractivity contribution in [3.63, 3.8) is 0 Å². The summed E-state index contributed by atoms with van der Waals surface area (Å²) >= 11 is 1.34. The monoisotopic (exact) mass is 354 g/mol. The van der Waals surface area contributed by atoms with Crippen LogP contribution in [0.2, 0.25) is 0 Å². The van der Waals surface area contributed by atoms with Crippen LogP contribution in [0.4, 0.5) is 0 Å². The molecule has 1 amide bonds. The first-order valence-corrected chi connectivity index (χ1v) is 9.36. The Morgan fingerprint density at radius 3 is 2.96 bits per heavy atom. The van der Waals surface area contributed by atoms with Gasteiger partial charge in [0.15, 0.2) is 5.16 Å². The van der Waals surface area contributed by atoms with E-state index >= 15 is 0 Å². The first kappa shape index (κ1) is 16.0. The maximum atomic E-state index is 12.4. The predicted molar refractivity (Wildman–Crippen MR) is 95.1 cm³/mol. The van der Waals surface area contributed by atoms with Gasteiger partial charge < -0.3 is 5.32 Å². The third-order valence-electron chi connectivity index (χ3n) is 4.64. The number of thioether (sulfide) groups is 1. The van der Waals surface area contributed by atoms with E-state index in [2.05, 4.69) is 26.6 Å². The number of para-hydroxylation sites is 2. The summed E-state index contributed by atoms with van der Waals surface area (Å²) in [5.74, 6) is 0.745. The molecule has 128 valence electrons. The molecule has 3 aromatic rings. The molecule has 7 nitrogen and oxygen atoms in total. The minimum atomic E-state index is -0.696. The van der Waals surface area contributed by atoms with Gasteiger partial charge in [-0.1, -0.05) is 43.2 Å². The van der Waals surface area contributed by atoms with Crippen molar-refractivity contribution in [1.29, 1.82) is 5.26 Å². The van der Waals surface area contributed by atoms with Crippen molar-refractivity contribution in [2.45, 2.75) is 42.8 Å². The van der Waals surface area contributed by atoms with Gasteiger partial charge in [-0.15, -0.1) is 5.10 Å². The first-order valence-electron chi connectivity index (χ1n) is 8.37. The normalized spacial score (nSPS) is 16.8. The number of rotatable bonds is 4. The highest BCUT2D eigenvalue weighted by molar-refractivity contribution is 7.99. The van der Waals surface area contributed by atoms with E-state index in [0.29, 0.717) is 10.9 Å². The lowest BCUT2D eigenvalue weighted by Gasteiger charge is -2.31. The summed E-state index contributed by atoms with van der Waals surface area (Å²) in [6.45, 7) is 0. The van der Waals surface area contributed by atoms with Crippen molar-refractivity contribution in [2.24, 2.45) is 0 Å². The van der Waals surface area contributed by atoms with Crippen molar-refractivity contribution in [3.05, 3.63) is 24.3 Å². The number of hydrogen-bond donors (Lipinski definition) is 2. The summed E-state index contributed by atoms with van der Waals surface area (Å²) in [6, 6.07) is 10.1. The fraction of sp³-hybridized carbons (Fsp3) is 0.412. The molecule has 0 saturated heterocycles. The molecular weight excluding hydrogens is 336 g/mol. The smallest absolute Gasteiger partial charge is 0.231 e. The van der Waals surface area contributed by atoms with Gasteiger partial charge in [0, 0.05) is 0 Å². The zero-order chi connectivity index (χ0) is 17.3. The van der Waals surface area contributed by atoms with Crippen LogP contribution in [0.3, 0.4) is 0 Å². The number of nitriles is 1. The number of carbonyl (C=O) groups is 1. The zero-order valence-corrected chi connectivity index (χ0v) is 14.5. The topological polar surface area (TPSA) is 98.9 Å². The molecule has 2 heterocycles. The van der Waals surface area contributed by atoms with Gasteiger partial charge in [0.1, 0.15) is 5.54 Å². The summed E-state index contributed by atoms with van der Waals surface area (Å²) in [5.41, 5.74) is 1.14. The van der Waals surface area contributed by atoms with E-state index in [1.54, 1.807) is 0 Å². The Bertz CT molecular complexity index is 962. The lowest BCUT2D eigenvalue weighted by atomic mass is 9.83. The van der Waals surface area contributed by atoms with Gasteiger partial charge in [0.2, 0.25) is 11.7 Å². The van der Waals surface area contributed by atoms with E-state index in [9.17, 15) is 10.1 Å². The van der Waals surface area contributed by atoms with Crippen LogP contribution >= 0.6 is 11.8 Å². The van der Waals surface area contributed by atoms with E-state index < -0.39 is 5.54 Å². The number of aromatic amines is 1. The largest absolute Gasteiger partial charge is 0.337 e. The first-order chi connectivity index (χ1) is 12.2. The molecule has 1 aromatic carbocycles. The van der Waals surface area contributed by atoms with Crippen LogP contribution in [0.25, 0.3) is 16.8 Å². The van der Waals surface area contributed by atoms with Gasteiger partial charge in [0.05, 0.1) is 22.9 Å². The van der Waals surface area contributed by atoms with E-state index in [4.69, 9.17) is 0 Å². The summed E-state index contributed by atoms with van der Waals surface area (Å²) in [5, 5.41) is 20.3. The molecule has 1 aliphatic carbocycles. The molecule has 1 fully saturated rings. The van der Waals surface area contributed by atoms with E-state index in [1.807, 2.05) is 28.7 Å². The minimum absolute atomic E-state index is 0.131. The molecular formula is C17H18N6OS. The van der Waals surface area contributed by atoms with E-state index in [0.717, 1.165) is 43.1 Å². The standard InChI is InChI=1S/C17H18N6OS/c18-11-17(8-4-1-5-9-17)20-14(24)10-25-16-22-21-15-19-12-6-2-3-7-13(12)23(15)16/h2-3,6-7H,1,4-5,8-10H2,(H,19,21)(H,20,24). The highest BCUT2D eigenvalue weighted by Gasteiger charge is 2.33. The van der Waals surface area contributed by atoms with Crippen molar-refractivity contribution in [1.82, 2.24) is 24.9 Å². The molecule has 2 aromatic heterocycles. The number of H-pyrrole nitrogens is 1. The zero-order valence-electron chi connectivity index (χ0n) is 13.7. The second-order valence-electron chi connectivity index (χ2n) is 6.36. The molecule has 0 aliphatic heterocycles. The Morgan fingerprint density at radius 1 is 1.36 bits per heavy atom. The number of nitrogens with one attached hydrogen (secondary N) is 2. The van der Waals surface area contributed by atoms with Crippen LogP contribution in [0.5, 0.6) is 0 Å². The number of hydrogen-bond acceptors (Lipinski definition) is 5. The van der Waals surface area contributed by atoms with Gasteiger partial charge in [0.25, 0.3) is 0 Å². The summed E-state index contributed by atoms with van der Waals surface area (Å²) in [4.78, 5) is 16.8. The van der Waals surface area contributed by atoms with Crippen molar-refractivity contribution < 1.29 is 4.79 Å². The van der Waals surface area contributed by atoms with Crippen LogP contribution in [0.1, 0.15) is 32.1 Å². The molecule has 0 radical (unpaired) electrons. The van der Waals surface area contributed by atoms with E-state index in [-0.39, 0.29) is 11.7 Å². The molecule has 0 bridgehead atoms. The maximum absolute atomic E-state index is 12.4. The number of nitrogens with zero attached hydrogens (tertiary/aromatic N) is 4. The Morgan fingerprint density at radius 2 is 2.16 bits per heavy atom. The second kappa shape index (κ2) is 6.41. The summed E-state index contributed by atoms with van der Waals surface area (Å²) < 4.78 is 1.91. The fourth-order valence-electron chi connectivity index (χ4n) is 3.39. The second-order valence-corrected chi connectivity index (χ2v) is 7.30. The molecule has 25 heavy (non-hydrogen) atoms. The molecule has 0 atom stereocenters. The lowest BCUT2D eigenvalue weighted by Crippen LogP contribution is -2.49. The van der Waals surface area contributed by atoms with Gasteiger partial charge in [-0.25, -0.2) is 10.1 Å². The van der Waals surface area contributed by atoms with Crippen LogP contribution in [-0.2, 0) is 4.79 Å². The average molecular weight is 354 g/mol. The molecule has 4 rings (SSSR count). The third kappa shape index (κ3) is 2.96. The highest BCUT2D eigenvalue weighted by Crippen LogP contribution is 2.28.